The smallest absolute Gasteiger partial charge is 0.416 e. The molecule has 1 aromatic carbocycles. The van der Waals surface area contributed by atoms with Crippen molar-refractivity contribution in [2.24, 2.45) is 16.1 Å². The molecule has 220 valence electrons. The highest BCUT2D eigenvalue weighted by Gasteiger charge is 2.32. The fourth-order valence-corrected chi connectivity index (χ4v) is 5.39. The van der Waals surface area contributed by atoms with Gasteiger partial charge in [-0.05, 0) is 82.4 Å². The predicted molar refractivity (Wildman–Crippen MR) is 161 cm³/mol. The second-order valence-electron chi connectivity index (χ2n) is 9.30. The minimum atomic E-state index is -4.25. The van der Waals surface area contributed by atoms with Gasteiger partial charge in [-0.1, -0.05) is 47.5 Å². The van der Waals surface area contributed by atoms with Gasteiger partial charge in [0.05, 0.1) is 16.3 Å². The quantitative estimate of drug-likeness (QED) is 0.138. The molecule has 0 radical (unpaired) electrons. The number of oxazole rings is 1. The second kappa shape index (κ2) is 18.1. The van der Waals surface area contributed by atoms with E-state index in [1.165, 1.54) is 37.8 Å². The molecular formula is C30H47F3N4OS. The lowest BCUT2D eigenvalue weighted by molar-refractivity contribution is -0.137. The maximum atomic E-state index is 12.6. The van der Waals surface area contributed by atoms with Crippen LogP contribution in [-0.2, 0) is 6.18 Å². The molecule has 2 heterocycles. The van der Waals surface area contributed by atoms with Crippen molar-refractivity contribution in [3.05, 3.63) is 47.7 Å². The molecule has 2 unspecified atom stereocenters. The number of hydrogen-bond acceptors (Lipinski definition) is 6. The van der Waals surface area contributed by atoms with Gasteiger partial charge < -0.3 is 9.32 Å². The molecule has 1 aromatic heterocycles. The van der Waals surface area contributed by atoms with Gasteiger partial charge in [0.25, 0.3) is 0 Å². The van der Waals surface area contributed by atoms with E-state index < -0.39 is 11.7 Å². The molecule has 0 bridgehead atoms. The van der Waals surface area contributed by atoms with Crippen LogP contribution in [-0.4, -0.2) is 34.1 Å². The van der Waals surface area contributed by atoms with Crippen molar-refractivity contribution in [2.45, 2.75) is 106 Å². The topological polar surface area (TPSA) is 54.0 Å². The van der Waals surface area contributed by atoms with E-state index in [4.69, 9.17) is 4.42 Å². The van der Waals surface area contributed by atoms with Gasteiger partial charge in [0, 0.05) is 18.3 Å². The van der Waals surface area contributed by atoms with Crippen molar-refractivity contribution < 1.29 is 17.6 Å². The maximum Gasteiger partial charge on any atom is 0.416 e. The van der Waals surface area contributed by atoms with E-state index in [1.54, 1.807) is 23.9 Å². The summed E-state index contributed by atoms with van der Waals surface area (Å²) in [7, 11) is 0. The van der Waals surface area contributed by atoms with Crippen molar-refractivity contribution in [3.63, 3.8) is 0 Å². The number of hydrogen-bond donors (Lipinski definition) is 0. The van der Waals surface area contributed by atoms with Gasteiger partial charge in [0.15, 0.2) is 12.2 Å². The van der Waals surface area contributed by atoms with Crippen LogP contribution in [0.1, 0.15) is 104 Å². The second-order valence-corrected chi connectivity index (χ2v) is 10.6. The molecule has 0 N–H and O–H groups in total. The third-order valence-corrected chi connectivity index (χ3v) is 7.60. The molecule has 3 rings (SSSR count). The average molecular weight is 569 g/mol. The SMILES string of the molecule is CC.CCC1CCCN(c2ccc(C(F)(F)F)cc2)C1CC.CCCCS/C(C)=N/N=C(\C)c1ocnc1C. The summed E-state index contributed by atoms with van der Waals surface area (Å²) in [6, 6.07) is 6.06. The molecule has 0 saturated carbocycles. The van der Waals surface area contributed by atoms with Gasteiger partial charge in [-0.3, -0.25) is 0 Å². The molecule has 1 saturated heterocycles. The lowest BCUT2D eigenvalue weighted by atomic mass is 9.85. The fourth-order valence-electron chi connectivity index (χ4n) is 4.56. The van der Waals surface area contributed by atoms with Crippen LogP contribution in [0.4, 0.5) is 18.9 Å². The zero-order chi connectivity index (χ0) is 29.4. The highest BCUT2D eigenvalue weighted by Crippen LogP contribution is 2.35. The summed E-state index contributed by atoms with van der Waals surface area (Å²) in [5.74, 6) is 2.46. The lowest BCUT2D eigenvalue weighted by Gasteiger charge is -2.42. The van der Waals surface area contributed by atoms with Gasteiger partial charge in [-0.2, -0.15) is 18.3 Å². The van der Waals surface area contributed by atoms with Gasteiger partial charge in [-0.25, -0.2) is 4.98 Å². The summed E-state index contributed by atoms with van der Waals surface area (Å²) in [4.78, 5) is 6.31. The fraction of sp³-hybridized carbons (Fsp3) is 0.633. The van der Waals surface area contributed by atoms with E-state index in [0.717, 1.165) is 53.7 Å². The molecule has 0 aliphatic carbocycles. The van der Waals surface area contributed by atoms with Crippen LogP contribution in [0.3, 0.4) is 0 Å². The molecular weight excluding hydrogens is 521 g/mol. The van der Waals surface area contributed by atoms with Gasteiger partial charge in [0.1, 0.15) is 5.71 Å². The molecule has 1 fully saturated rings. The Morgan fingerprint density at radius 3 is 2.26 bits per heavy atom. The molecule has 9 heteroatoms. The van der Waals surface area contributed by atoms with E-state index in [-0.39, 0.29) is 0 Å². The summed E-state index contributed by atoms with van der Waals surface area (Å²) in [5.41, 5.74) is 1.95. The first-order valence-electron chi connectivity index (χ1n) is 14.2. The molecule has 2 atom stereocenters. The van der Waals surface area contributed by atoms with E-state index >= 15 is 0 Å². The Balaban J connectivity index is 0.000000371. The van der Waals surface area contributed by atoms with Crippen molar-refractivity contribution in [1.82, 2.24) is 4.98 Å². The number of aryl methyl sites for hydroxylation is 1. The Morgan fingerprint density at radius 2 is 1.74 bits per heavy atom. The number of halogens is 3. The number of anilines is 1. The molecule has 0 spiro atoms. The number of unbranched alkanes of at least 4 members (excludes halogenated alkanes) is 1. The maximum absolute atomic E-state index is 12.6. The minimum Gasteiger partial charge on any atom is -0.442 e. The summed E-state index contributed by atoms with van der Waals surface area (Å²) < 4.78 is 43.1. The first-order valence-corrected chi connectivity index (χ1v) is 15.2. The normalized spacial score (nSPS) is 18.2. The highest BCUT2D eigenvalue weighted by atomic mass is 32.2. The summed E-state index contributed by atoms with van der Waals surface area (Å²) in [6.07, 6.45) is 4.12. The molecule has 5 nitrogen and oxygen atoms in total. The summed E-state index contributed by atoms with van der Waals surface area (Å²) >= 11 is 1.74. The number of thioether (sulfide) groups is 1. The van der Waals surface area contributed by atoms with Crippen LogP contribution in [0.25, 0.3) is 0 Å². The van der Waals surface area contributed by atoms with Gasteiger partial charge in [-0.15, -0.1) is 16.9 Å². The summed E-state index contributed by atoms with van der Waals surface area (Å²) in [6.45, 7) is 17.2. The van der Waals surface area contributed by atoms with Crippen LogP contribution in [0.15, 0.2) is 45.3 Å². The third kappa shape index (κ3) is 11.4. The number of aromatic nitrogens is 1. The van der Waals surface area contributed by atoms with Crippen molar-refractivity contribution in [3.8, 4) is 0 Å². The predicted octanol–water partition coefficient (Wildman–Crippen LogP) is 9.80. The van der Waals surface area contributed by atoms with E-state index in [9.17, 15) is 13.2 Å². The third-order valence-electron chi connectivity index (χ3n) is 6.61. The summed E-state index contributed by atoms with van der Waals surface area (Å²) in [5, 5.41) is 9.31. The van der Waals surface area contributed by atoms with Crippen LogP contribution in [0.2, 0.25) is 0 Å². The Bertz CT molecular complexity index is 1000. The number of nitrogens with zero attached hydrogens (tertiary/aromatic N) is 4. The monoisotopic (exact) mass is 568 g/mol. The van der Waals surface area contributed by atoms with E-state index in [2.05, 4.69) is 40.9 Å². The zero-order valence-corrected chi connectivity index (χ0v) is 25.8. The van der Waals surface area contributed by atoms with Crippen LogP contribution in [0.5, 0.6) is 0 Å². The van der Waals surface area contributed by atoms with Crippen molar-refractivity contribution >= 4 is 28.2 Å². The Hall–Kier alpha value is -2.29. The molecule has 2 aromatic rings. The van der Waals surface area contributed by atoms with Crippen LogP contribution < -0.4 is 4.90 Å². The zero-order valence-electron chi connectivity index (χ0n) is 24.9. The van der Waals surface area contributed by atoms with E-state index in [0.29, 0.717) is 17.7 Å². The molecule has 39 heavy (non-hydrogen) atoms. The average Bonchev–Trinajstić information content (AvgIpc) is 3.38. The van der Waals surface area contributed by atoms with Crippen LogP contribution in [0, 0.1) is 12.8 Å². The number of benzene rings is 1. The lowest BCUT2D eigenvalue weighted by Crippen LogP contribution is -2.44. The molecule has 1 aliphatic rings. The first kappa shape index (κ1) is 34.7. The number of piperidine rings is 1. The minimum absolute atomic E-state index is 0.450. The van der Waals surface area contributed by atoms with Crippen LogP contribution >= 0.6 is 11.8 Å². The van der Waals surface area contributed by atoms with Crippen molar-refractivity contribution in [2.75, 3.05) is 17.2 Å². The van der Waals surface area contributed by atoms with E-state index in [1.807, 2.05) is 34.6 Å². The Morgan fingerprint density at radius 1 is 1.08 bits per heavy atom. The largest absolute Gasteiger partial charge is 0.442 e. The Labute approximate surface area is 237 Å². The number of alkyl halides is 3. The standard InChI is InChI=1S/C16H22F3N.C12H19N3OS.C2H6/c1-3-12-6-5-11-20(15(12)4-2)14-9-7-13(8-10-14)16(17,18)19;1-5-6-7-17-11(4)15-14-10(3)12-9(2)13-8-16-12;1-2/h7-10,12,15H,3-6,11H2,1-2H3;8H,5-7H2,1-4H3;1-2H3/b;14-10+,15-11+;. The number of rotatable bonds is 8. The molecule has 0 amide bonds. The first-order chi connectivity index (χ1) is 18.6. The van der Waals surface area contributed by atoms with Crippen molar-refractivity contribution in [1.29, 1.82) is 0 Å². The Kier molecular flexibility index (Phi) is 16.2. The van der Waals surface area contributed by atoms with Gasteiger partial charge >= 0.3 is 6.18 Å². The van der Waals surface area contributed by atoms with Gasteiger partial charge in [0.2, 0.25) is 0 Å². The highest BCUT2D eigenvalue weighted by molar-refractivity contribution is 8.13. The molecule has 1 aliphatic heterocycles.